The summed E-state index contributed by atoms with van der Waals surface area (Å²) < 4.78 is 41.5. The van der Waals surface area contributed by atoms with E-state index < -0.39 is 53.1 Å². The van der Waals surface area contributed by atoms with Gasteiger partial charge in [0, 0.05) is 12.4 Å². The maximum absolute atomic E-state index is 14.3. The Hall–Kier alpha value is -2.95. The van der Waals surface area contributed by atoms with Crippen LogP contribution in [0.2, 0.25) is 0 Å². The molecule has 0 aliphatic heterocycles. The summed E-state index contributed by atoms with van der Waals surface area (Å²) in [5.74, 6) is -4.33. The zero-order valence-corrected chi connectivity index (χ0v) is 17.5. The average molecular weight is 450 g/mol. The molecule has 0 saturated carbocycles. The molecule has 1 aromatic heterocycles. The van der Waals surface area contributed by atoms with Crippen LogP contribution in [-0.4, -0.2) is 43.6 Å². The first-order valence-corrected chi connectivity index (χ1v) is 10.5. The molecular formula is C21H20F2N2O5S. The lowest BCUT2D eigenvalue weighted by atomic mass is 10.1. The molecule has 0 aliphatic carbocycles. The molecule has 0 aliphatic rings. The van der Waals surface area contributed by atoms with Gasteiger partial charge in [0.15, 0.2) is 16.5 Å². The smallest absolute Gasteiger partial charge is 0.354 e. The first-order chi connectivity index (χ1) is 14.6. The molecule has 3 rings (SSSR count). The molecule has 1 amide bonds. The van der Waals surface area contributed by atoms with Crippen molar-refractivity contribution in [2.75, 3.05) is 12.4 Å². The summed E-state index contributed by atoms with van der Waals surface area (Å²) in [4.78, 5) is 23.8. The molecule has 1 unspecified atom stereocenters. The minimum Gasteiger partial charge on any atom is -0.611 e. The second-order valence-electron chi connectivity index (χ2n) is 7.00. The summed E-state index contributed by atoms with van der Waals surface area (Å²) in [7, 11) is 1.55. The van der Waals surface area contributed by atoms with Gasteiger partial charge in [0.2, 0.25) is 5.75 Å². The molecule has 2 aromatic carbocycles. The third-order valence-electron chi connectivity index (χ3n) is 4.93. The number of aryl methyl sites for hydroxylation is 2. The zero-order chi connectivity index (χ0) is 22.9. The number of halogens is 2. The fourth-order valence-electron chi connectivity index (χ4n) is 3.26. The van der Waals surface area contributed by atoms with Crippen molar-refractivity contribution in [1.82, 2.24) is 9.88 Å². The lowest BCUT2D eigenvalue weighted by molar-refractivity contribution is -0.134. The molecule has 2 atom stereocenters. The summed E-state index contributed by atoms with van der Waals surface area (Å²) in [6, 6.07) is 7.84. The average Bonchev–Trinajstić information content (AvgIpc) is 3.06. The van der Waals surface area contributed by atoms with Crippen molar-refractivity contribution in [2.24, 2.45) is 7.05 Å². The van der Waals surface area contributed by atoms with Gasteiger partial charge in [-0.05, 0) is 53.5 Å². The number of aromatic nitrogens is 1. The van der Waals surface area contributed by atoms with E-state index in [0.717, 1.165) is 0 Å². The van der Waals surface area contributed by atoms with E-state index in [-0.39, 0.29) is 16.6 Å². The number of hydrogen-bond donors (Lipinski definition) is 3. The zero-order valence-electron chi connectivity index (χ0n) is 16.7. The second-order valence-corrected chi connectivity index (χ2v) is 8.46. The number of fused-ring (bicyclic) bond motifs is 1. The van der Waals surface area contributed by atoms with Crippen molar-refractivity contribution in [3.8, 4) is 0 Å². The molecule has 3 aromatic rings. The second kappa shape index (κ2) is 9.04. The van der Waals surface area contributed by atoms with E-state index in [1.807, 2.05) is 0 Å². The van der Waals surface area contributed by atoms with Crippen LogP contribution in [0.5, 0.6) is 0 Å². The van der Waals surface area contributed by atoms with Crippen LogP contribution in [0, 0.1) is 18.6 Å². The number of rotatable bonds is 7. The van der Waals surface area contributed by atoms with Crippen LogP contribution in [0.1, 0.15) is 27.7 Å². The topological polar surface area (TPSA) is 115 Å². The van der Waals surface area contributed by atoms with Crippen LogP contribution in [0.3, 0.4) is 0 Å². The number of carboxylic acid groups (broad SMARTS) is 1. The minimum absolute atomic E-state index is 0.0263. The Bertz CT molecular complexity index is 1150. The molecule has 31 heavy (non-hydrogen) atoms. The van der Waals surface area contributed by atoms with Crippen LogP contribution in [0.4, 0.5) is 8.78 Å². The SMILES string of the molecule is Cc1cc2c(cc(C(=O)N[C@H](CO)c3ccc([S+]([O-])CC(=O)O)cc3)n2C)c(F)c1F. The maximum Gasteiger partial charge on any atom is 0.354 e. The fraction of sp³-hybridized carbons (Fsp3) is 0.238. The number of nitrogens with one attached hydrogen (secondary N) is 1. The number of carboxylic acids is 1. The van der Waals surface area contributed by atoms with Gasteiger partial charge in [0.05, 0.1) is 18.2 Å². The van der Waals surface area contributed by atoms with E-state index in [0.29, 0.717) is 16.0 Å². The van der Waals surface area contributed by atoms with Gasteiger partial charge in [-0.3, -0.25) is 4.79 Å². The van der Waals surface area contributed by atoms with Crippen LogP contribution in [0.15, 0.2) is 41.3 Å². The number of aliphatic hydroxyl groups is 1. The van der Waals surface area contributed by atoms with Gasteiger partial charge in [0.25, 0.3) is 5.91 Å². The Kier molecular flexibility index (Phi) is 6.63. The Morgan fingerprint density at radius 3 is 2.42 bits per heavy atom. The van der Waals surface area contributed by atoms with Crippen LogP contribution in [0.25, 0.3) is 10.9 Å². The monoisotopic (exact) mass is 450 g/mol. The maximum atomic E-state index is 14.3. The number of nitrogens with zero attached hydrogens (tertiary/aromatic N) is 1. The van der Waals surface area contributed by atoms with Crippen molar-refractivity contribution in [2.45, 2.75) is 17.9 Å². The van der Waals surface area contributed by atoms with Crippen LogP contribution in [-0.2, 0) is 23.0 Å². The molecule has 7 nitrogen and oxygen atoms in total. The summed E-state index contributed by atoms with van der Waals surface area (Å²) in [6.07, 6.45) is 0. The van der Waals surface area contributed by atoms with Crippen LogP contribution < -0.4 is 5.32 Å². The Morgan fingerprint density at radius 2 is 1.84 bits per heavy atom. The van der Waals surface area contributed by atoms with E-state index >= 15 is 0 Å². The first-order valence-electron chi connectivity index (χ1n) is 9.20. The number of carbonyl (C=O) groups is 2. The van der Waals surface area contributed by atoms with E-state index in [1.165, 1.54) is 47.9 Å². The largest absolute Gasteiger partial charge is 0.611 e. The number of hydrogen-bond acceptors (Lipinski definition) is 4. The molecule has 0 radical (unpaired) electrons. The highest BCUT2D eigenvalue weighted by molar-refractivity contribution is 7.92. The molecule has 164 valence electrons. The summed E-state index contributed by atoms with van der Waals surface area (Å²) in [6.45, 7) is 0.981. The molecular weight excluding hydrogens is 430 g/mol. The predicted octanol–water partition coefficient (Wildman–Crippen LogP) is 2.42. The van der Waals surface area contributed by atoms with Crippen molar-refractivity contribution in [3.63, 3.8) is 0 Å². The summed E-state index contributed by atoms with van der Waals surface area (Å²) in [5.41, 5.74) is 1.05. The van der Waals surface area contributed by atoms with E-state index in [4.69, 9.17) is 5.11 Å². The highest BCUT2D eigenvalue weighted by atomic mass is 32.2. The number of benzene rings is 2. The fourth-order valence-corrected chi connectivity index (χ4v) is 4.09. The highest BCUT2D eigenvalue weighted by Gasteiger charge is 2.22. The molecule has 0 spiro atoms. The Balaban J connectivity index is 1.84. The lowest BCUT2D eigenvalue weighted by Crippen LogP contribution is -2.32. The normalized spacial score (nSPS) is 13.2. The molecule has 3 N–H and O–H groups in total. The van der Waals surface area contributed by atoms with Gasteiger partial charge in [-0.2, -0.15) is 0 Å². The van der Waals surface area contributed by atoms with Gasteiger partial charge in [-0.25, -0.2) is 13.6 Å². The predicted molar refractivity (Wildman–Crippen MR) is 110 cm³/mol. The van der Waals surface area contributed by atoms with Gasteiger partial charge < -0.3 is 24.6 Å². The standard InChI is InChI=1S/C21H20F2N2O5S/c1-11-7-16-14(20(23)19(11)22)8-17(25(16)2)21(29)24-15(9-26)12-3-5-13(6-4-12)31(30)10-18(27)28/h3-8,15,26H,9-10H2,1-2H3,(H,24,29)(H,27,28)/t15-,31?/m1/s1. The van der Waals surface area contributed by atoms with Crippen molar-refractivity contribution >= 4 is 34.0 Å². The first kappa shape index (κ1) is 22.7. The van der Waals surface area contributed by atoms with E-state index in [9.17, 15) is 28.0 Å². The molecule has 10 heteroatoms. The van der Waals surface area contributed by atoms with E-state index in [2.05, 4.69) is 5.32 Å². The number of carbonyl (C=O) groups excluding carboxylic acids is 1. The van der Waals surface area contributed by atoms with Gasteiger partial charge in [-0.1, -0.05) is 12.1 Å². The molecule has 0 fully saturated rings. The lowest BCUT2D eigenvalue weighted by Gasteiger charge is -2.17. The van der Waals surface area contributed by atoms with Gasteiger partial charge in [0.1, 0.15) is 5.69 Å². The summed E-state index contributed by atoms with van der Waals surface area (Å²) in [5, 5.41) is 21.1. The third kappa shape index (κ3) is 4.55. The third-order valence-corrected chi connectivity index (χ3v) is 6.24. The summed E-state index contributed by atoms with van der Waals surface area (Å²) >= 11 is -1.71. The van der Waals surface area contributed by atoms with E-state index in [1.54, 1.807) is 7.05 Å². The molecule has 0 bridgehead atoms. The number of aliphatic carboxylic acids is 1. The highest BCUT2D eigenvalue weighted by Crippen LogP contribution is 2.27. The molecule has 0 saturated heterocycles. The number of aliphatic hydroxyl groups excluding tert-OH is 1. The van der Waals surface area contributed by atoms with Gasteiger partial charge >= 0.3 is 5.97 Å². The van der Waals surface area contributed by atoms with Crippen molar-refractivity contribution in [1.29, 1.82) is 0 Å². The van der Waals surface area contributed by atoms with Crippen LogP contribution >= 0.6 is 0 Å². The van der Waals surface area contributed by atoms with Crippen molar-refractivity contribution in [3.05, 3.63) is 64.9 Å². The van der Waals surface area contributed by atoms with Gasteiger partial charge in [-0.15, -0.1) is 0 Å². The minimum atomic E-state index is -1.71. The Morgan fingerprint density at radius 1 is 1.19 bits per heavy atom. The van der Waals surface area contributed by atoms with Crippen molar-refractivity contribution < 1.29 is 33.1 Å². The molecule has 1 heterocycles. The Labute approximate surface area is 179 Å². The number of amides is 1. The quantitative estimate of drug-likeness (QED) is 0.479.